The Balaban J connectivity index is 1.95. The van der Waals surface area contributed by atoms with E-state index in [4.69, 9.17) is 11.6 Å². The third kappa shape index (κ3) is 3.44. The fraction of sp³-hybridized carbons (Fsp3) is 0.571. The van der Waals surface area contributed by atoms with E-state index in [9.17, 15) is 9.50 Å². The van der Waals surface area contributed by atoms with E-state index in [2.05, 4.69) is 5.32 Å². The first kappa shape index (κ1) is 13.8. The molecule has 0 heterocycles. The van der Waals surface area contributed by atoms with Crippen LogP contribution in [0.4, 0.5) is 4.39 Å². The molecule has 0 radical (unpaired) electrons. The molecule has 1 aromatic rings. The summed E-state index contributed by atoms with van der Waals surface area (Å²) in [7, 11) is 0. The van der Waals surface area contributed by atoms with Crippen LogP contribution in [0.2, 0.25) is 5.02 Å². The predicted molar refractivity (Wildman–Crippen MR) is 71.1 cm³/mol. The summed E-state index contributed by atoms with van der Waals surface area (Å²) in [6, 6.07) is 4.90. The van der Waals surface area contributed by atoms with Crippen molar-refractivity contribution in [2.24, 2.45) is 0 Å². The van der Waals surface area contributed by atoms with E-state index in [0.717, 1.165) is 31.2 Å². The third-order valence-corrected chi connectivity index (χ3v) is 3.99. The van der Waals surface area contributed by atoms with Crippen LogP contribution in [-0.4, -0.2) is 17.3 Å². The summed E-state index contributed by atoms with van der Waals surface area (Å²) in [4.78, 5) is 0. The lowest BCUT2D eigenvalue weighted by Gasteiger charge is -2.22. The van der Waals surface area contributed by atoms with Gasteiger partial charge >= 0.3 is 0 Å². The van der Waals surface area contributed by atoms with Crippen LogP contribution >= 0.6 is 11.6 Å². The molecule has 1 aromatic carbocycles. The number of aliphatic hydroxyl groups excluding tert-OH is 1. The van der Waals surface area contributed by atoms with Gasteiger partial charge in [-0.1, -0.05) is 43.0 Å². The smallest absolute Gasteiger partial charge is 0.142 e. The number of hydrogen-bond acceptors (Lipinski definition) is 2. The van der Waals surface area contributed by atoms with Crippen LogP contribution in [0.25, 0.3) is 0 Å². The molecule has 1 aliphatic carbocycles. The van der Waals surface area contributed by atoms with Crippen molar-refractivity contribution in [1.82, 2.24) is 5.32 Å². The van der Waals surface area contributed by atoms with E-state index in [-0.39, 0.29) is 17.2 Å². The lowest BCUT2D eigenvalue weighted by Crippen LogP contribution is -2.38. The minimum Gasteiger partial charge on any atom is -0.392 e. The maximum Gasteiger partial charge on any atom is 0.142 e. The SMILES string of the molecule is OC1CCCCCC1NCc1cccc(F)c1Cl. The van der Waals surface area contributed by atoms with Gasteiger partial charge in [-0.3, -0.25) is 0 Å². The third-order valence-electron chi connectivity index (χ3n) is 3.57. The molecule has 0 amide bonds. The molecule has 0 saturated heterocycles. The van der Waals surface area contributed by atoms with E-state index in [1.54, 1.807) is 6.07 Å². The van der Waals surface area contributed by atoms with Gasteiger partial charge in [0.15, 0.2) is 0 Å². The average molecular weight is 272 g/mol. The minimum absolute atomic E-state index is 0.0897. The molecule has 2 nitrogen and oxygen atoms in total. The Morgan fingerprint density at radius 2 is 2.06 bits per heavy atom. The van der Waals surface area contributed by atoms with Crippen molar-refractivity contribution < 1.29 is 9.50 Å². The van der Waals surface area contributed by atoms with Crippen molar-refractivity contribution in [3.8, 4) is 0 Å². The van der Waals surface area contributed by atoms with E-state index in [1.165, 1.54) is 12.5 Å². The Kier molecular flexibility index (Phi) is 4.98. The van der Waals surface area contributed by atoms with Gasteiger partial charge in [0.05, 0.1) is 11.1 Å². The molecule has 0 spiro atoms. The van der Waals surface area contributed by atoms with Crippen molar-refractivity contribution in [2.45, 2.75) is 50.8 Å². The zero-order valence-corrected chi connectivity index (χ0v) is 11.1. The molecule has 0 aromatic heterocycles. The van der Waals surface area contributed by atoms with Crippen LogP contribution in [-0.2, 0) is 6.54 Å². The molecule has 100 valence electrons. The van der Waals surface area contributed by atoms with Gasteiger partial charge in [-0.25, -0.2) is 4.39 Å². The van der Waals surface area contributed by atoms with Crippen molar-refractivity contribution in [3.63, 3.8) is 0 Å². The van der Waals surface area contributed by atoms with Crippen molar-refractivity contribution >= 4 is 11.6 Å². The Hall–Kier alpha value is -0.640. The summed E-state index contributed by atoms with van der Waals surface area (Å²) in [6.07, 6.45) is 4.89. The zero-order chi connectivity index (χ0) is 13.0. The Morgan fingerprint density at radius 3 is 2.89 bits per heavy atom. The second-order valence-corrected chi connectivity index (χ2v) is 5.28. The highest BCUT2D eigenvalue weighted by molar-refractivity contribution is 6.31. The maximum atomic E-state index is 13.3. The molecule has 1 aliphatic rings. The monoisotopic (exact) mass is 271 g/mol. The number of halogens is 2. The van der Waals surface area contributed by atoms with Gasteiger partial charge in [0.2, 0.25) is 0 Å². The molecule has 2 N–H and O–H groups in total. The Morgan fingerprint density at radius 1 is 1.28 bits per heavy atom. The summed E-state index contributed by atoms with van der Waals surface area (Å²) < 4.78 is 13.3. The second-order valence-electron chi connectivity index (χ2n) is 4.91. The minimum atomic E-state index is -0.391. The van der Waals surface area contributed by atoms with Gasteiger partial charge in [0.25, 0.3) is 0 Å². The fourth-order valence-corrected chi connectivity index (χ4v) is 2.65. The molecule has 1 fully saturated rings. The van der Waals surface area contributed by atoms with Crippen LogP contribution in [0.1, 0.15) is 37.7 Å². The highest BCUT2D eigenvalue weighted by atomic mass is 35.5. The number of hydrogen-bond donors (Lipinski definition) is 2. The van der Waals surface area contributed by atoms with E-state index < -0.39 is 5.82 Å². The van der Waals surface area contributed by atoms with E-state index >= 15 is 0 Å². The normalized spacial score (nSPS) is 24.8. The van der Waals surface area contributed by atoms with Gasteiger partial charge in [-0.15, -0.1) is 0 Å². The number of nitrogens with one attached hydrogen (secondary N) is 1. The molecule has 1 saturated carbocycles. The number of rotatable bonds is 3. The Bertz CT molecular complexity index is 399. The van der Waals surface area contributed by atoms with Crippen molar-refractivity contribution in [2.75, 3.05) is 0 Å². The maximum absolute atomic E-state index is 13.3. The van der Waals surface area contributed by atoms with Crippen molar-refractivity contribution in [1.29, 1.82) is 0 Å². The zero-order valence-electron chi connectivity index (χ0n) is 10.3. The number of benzene rings is 1. The average Bonchev–Trinajstić information content (AvgIpc) is 2.56. The molecular formula is C14H19ClFNO. The standard InChI is InChI=1S/C14H19ClFNO/c15-14-10(5-4-6-11(14)16)9-17-12-7-2-1-3-8-13(12)18/h4-6,12-13,17-18H,1-3,7-9H2. The highest BCUT2D eigenvalue weighted by Gasteiger charge is 2.21. The predicted octanol–water partition coefficient (Wildman–Crippen LogP) is 3.26. The quantitative estimate of drug-likeness (QED) is 0.827. The van der Waals surface area contributed by atoms with Gasteiger partial charge in [0, 0.05) is 12.6 Å². The first-order valence-electron chi connectivity index (χ1n) is 6.53. The summed E-state index contributed by atoms with van der Waals surface area (Å²) in [5.74, 6) is -0.391. The van der Waals surface area contributed by atoms with Gasteiger partial charge in [0.1, 0.15) is 5.82 Å². The topological polar surface area (TPSA) is 32.3 Å². The Labute approximate surface area is 112 Å². The number of aliphatic hydroxyl groups is 1. The first-order valence-corrected chi connectivity index (χ1v) is 6.90. The molecule has 2 unspecified atom stereocenters. The lowest BCUT2D eigenvalue weighted by atomic mass is 10.1. The van der Waals surface area contributed by atoms with Gasteiger partial charge < -0.3 is 10.4 Å². The summed E-state index contributed by atoms with van der Waals surface area (Å²) in [5, 5.41) is 13.5. The molecule has 2 atom stereocenters. The molecule has 0 aliphatic heterocycles. The largest absolute Gasteiger partial charge is 0.392 e. The highest BCUT2D eigenvalue weighted by Crippen LogP contribution is 2.21. The molecular weight excluding hydrogens is 253 g/mol. The molecule has 4 heteroatoms. The van der Waals surface area contributed by atoms with Crippen LogP contribution in [0.15, 0.2) is 18.2 Å². The molecule has 2 rings (SSSR count). The van der Waals surface area contributed by atoms with Crippen LogP contribution in [0.3, 0.4) is 0 Å². The summed E-state index contributed by atoms with van der Waals surface area (Å²) in [6.45, 7) is 0.498. The van der Waals surface area contributed by atoms with Crippen LogP contribution < -0.4 is 5.32 Å². The molecule has 18 heavy (non-hydrogen) atoms. The first-order chi connectivity index (χ1) is 8.68. The van der Waals surface area contributed by atoms with E-state index in [1.807, 2.05) is 6.07 Å². The lowest BCUT2D eigenvalue weighted by molar-refractivity contribution is 0.119. The molecule has 0 bridgehead atoms. The summed E-state index contributed by atoms with van der Waals surface area (Å²) >= 11 is 5.90. The van der Waals surface area contributed by atoms with Crippen LogP contribution in [0.5, 0.6) is 0 Å². The van der Waals surface area contributed by atoms with Crippen molar-refractivity contribution in [3.05, 3.63) is 34.6 Å². The summed E-state index contributed by atoms with van der Waals surface area (Å²) in [5.41, 5.74) is 0.744. The van der Waals surface area contributed by atoms with Gasteiger partial charge in [-0.2, -0.15) is 0 Å². The fourth-order valence-electron chi connectivity index (χ4n) is 2.45. The van der Waals surface area contributed by atoms with Gasteiger partial charge in [-0.05, 0) is 24.5 Å². The van der Waals surface area contributed by atoms with E-state index in [0.29, 0.717) is 6.54 Å². The second kappa shape index (κ2) is 6.50. The van der Waals surface area contributed by atoms with Crippen LogP contribution in [0, 0.1) is 5.82 Å².